The summed E-state index contributed by atoms with van der Waals surface area (Å²) in [5.74, 6) is 0. The summed E-state index contributed by atoms with van der Waals surface area (Å²) in [4.78, 5) is 0. The molecule has 0 spiro atoms. The Labute approximate surface area is 61.6 Å². The van der Waals surface area contributed by atoms with Crippen molar-refractivity contribution in [2.24, 2.45) is 0 Å². The van der Waals surface area contributed by atoms with E-state index in [1.54, 1.807) is 6.92 Å². The van der Waals surface area contributed by atoms with Gasteiger partial charge < -0.3 is 9.05 Å². The van der Waals surface area contributed by atoms with E-state index >= 15 is 0 Å². The second-order valence-corrected chi connectivity index (χ2v) is 3.89. The Morgan fingerprint density at radius 1 is 1.70 bits per heavy atom. The minimum absolute atomic E-state index is 0.275. The molecule has 0 aromatic carbocycles. The molecule has 0 bridgehead atoms. The molecule has 0 rings (SSSR count). The van der Waals surface area contributed by atoms with E-state index in [1.165, 1.54) is 13.2 Å². The maximum atomic E-state index is 11.3. The summed E-state index contributed by atoms with van der Waals surface area (Å²) in [5.41, 5.74) is 0. The molecule has 0 N–H and O–H groups in total. The summed E-state index contributed by atoms with van der Waals surface area (Å²) in [5, 5.41) is 0. The molecule has 0 aromatic heterocycles. The Balaban J connectivity index is 3.94. The van der Waals surface area contributed by atoms with E-state index in [1.807, 2.05) is 0 Å². The molecular weight excluding hydrogens is 151 g/mol. The maximum absolute atomic E-state index is 11.3. The molecular formula is C6H13O3P. The molecule has 0 aliphatic rings. The van der Waals surface area contributed by atoms with E-state index in [9.17, 15) is 4.57 Å². The lowest BCUT2D eigenvalue weighted by Gasteiger charge is -2.12. The molecule has 60 valence electrons. The minimum atomic E-state index is -2.82. The van der Waals surface area contributed by atoms with Gasteiger partial charge in [0.2, 0.25) is 0 Å². The van der Waals surface area contributed by atoms with Gasteiger partial charge in [0.15, 0.2) is 0 Å². The molecule has 0 aromatic rings. The largest absolute Gasteiger partial charge is 0.334 e. The Morgan fingerprint density at radius 3 is 2.60 bits per heavy atom. The molecule has 0 aliphatic heterocycles. The summed E-state index contributed by atoms with van der Waals surface area (Å²) in [6.07, 6.45) is 1.80. The summed E-state index contributed by atoms with van der Waals surface area (Å²) in [6, 6.07) is 0. The molecule has 0 fully saturated rings. The average Bonchev–Trinajstić information content (AvgIpc) is 1.89. The second-order valence-electron chi connectivity index (χ2n) is 1.68. The van der Waals surface area contributed by atoms with Crippen molar-refractivity contribution < 1.29 is 13.6 Å². The van der Waals surface area contributed by atoms with Crippen molar-refractivity contribution in [3.05, 3.63) is 12.7 Å². The third kappa shape index (κ3) is 3.16. The third-order valence-corrected chi connectivity index (χ3v) is 2.87. The first-order valence-corrected chi connectivity index (χ1v) is 4.81. The van der Waals surface area contributed by atoms with E-state index in [-0.39, 0.29) is 6.16 Å². The van der Waals surface area contributed by atoms with Crippen LogP contribution in [-0.2, 0) is 13.6 Å². The van der Waals surface area contributed by atoms with Crippen LogP contribution < -0.4 is 0 Å². The normalized spacial score (nSPS) is 16.2. The summed E-state index contributed by atoms with van der Waals surface area (Å²) < 4.78 is 20.8. The van der Waals surface area contributed by atoms with E-state index in [2.05, 4.69) is 11.1 Å². The number of hydrogen-bond acceptors (Lipinski definition) is 3. The lowest BCUT2D eigenvalue weighted by atomic mass is 10.8. The molecule has 3 nitrogen and oxygen atoms in total. The Morgan fingerprint density at radius 2 is 2.30 bits per heavy atom. The van der Waals surface area contributed by atoms with Crippen LogP contribution in [0, 0.1) is 0 Å². The maximum Gasteiger partial charge on any atom is 0.334 e. The van der Waals surface area contributed by atoms with Crippen molar-refractivity contribution >= 4 is 7.60 Å². The van der Waals surface area contributed by atoms with Crippen LogP contribution in [0.5, 0.6) is 0 Å². The number of hydrogen-bond donors (Lipinski definition) is 0. The summed E-state index contributed by atoms with van der Waals surface area (Å²) >= 11 is 0. The monoisotopic (exact) mass is 164 g/mol. The fourth-order valence-electron chi connectivity index (χ4n) is 0.535. The smallest absolute Gasteiger partial charge is 0.312 e. The van der Waals surface area contributed by atoms with Gasteiger partial charge >= 0.3 is 7.60 Å². The van der Waals surface area contributed by atoms with Gasteiger partial charge in [-0.2, -0.15) is 0 Å². The van der Waals surface area contributed by atoms with Crippen LogP contribution in [0.3, 0.4) is 0 Å². The van der Waals surface area contributed by atoms with Gasteiger partial charge in [0.05, 0.1) is 12.8 Å². The van der Waals surface area contributed by atoms with Crippen LogP contribution >= 0.6 is 7.60 Å². The van der Waals surface area contributed by atoms with Gasteiger partial charge in [-0.15, -0.1) is 6.58 Å². The van der Waals surface area contributed by atoms with Gasteiger partial charge in [0.1, 0.15) is 0 Å². The number of rotatable bonds is 5. The zero-order valence-electron chi connectivity index (χ0n) is 6.37. The van der Waals surface area contributed by atoms with E-state index in [4.69, 9.17) is 4.52 Å². The summed E-state index contributed by atoms with van der Waals surface area (Å²) in [7, 11) is -1.44. The molecule has 0 heterocycles. The van der Waals surface area contributed by atoms with Crippen molar-refractivity contribution in [2.75, 3.05) is 19.9 Å². The Bertz CT molecular complexity index is 144. The fourth-order valence-corrected chi connectivity index (χ4v) is 1.60. The molecule has 10 heavy (non-hydrogen) atoms. The topological polar surface area (TPSA) is 35.5 Å². The highest BCUT2D eigenvalue weighted by molar-refractivity contribution is 7.54. The molecule has 0 saturated carbocycles. The molecule has 0 saturated heterocycles. The van der Waals surface area contributed by atoms with Gasteiger partial charge in [-0.3, -0.25) is 4.57 Å². The first-order chi connectivity index (χ1) is 4.68. The predicted molar refractivity (Wildman–Crippen MR) is 41.3 cm³/mol. The quantitative estimate of drug-likeness (QED) is 0.460. The highest BCUT2D eigenvalue weighted by atomic mass is 31.2. The van der Waals surface area contributed by atoms with E-state index in [0.29, 0.717) is 6.61 Å². The predicted octanol–water partition coefficient (Wildman–Crippen LogP) is 2.05. The molecule has 0 aliphatic carbocycles. The lowest BCUT2D eigenvalue weighted by Crippen LogP contribution is -1.94. The first-order valence-electron chi connectivity index (χ1n) is 3.08. The van der Waals surface area contributed by atoms with Crippen LogP contribution in [0.1, 0.15) is 6.92 Å². The van der Waals surface area contributed by atoms with Crippen LogP contribution in [-0.4, -0.2) is 19.9 Å². The minimum Gasteiger partial charge on any atom is -0.312 e. The van der Waals surface area contributed by atoms with Gasteiger partial charge in [-0.1, -0.05) is 6.08 Å². The summed E-state index contributed by atoms with van der Waals surface area (Å²) in [6.45, 7) is 5.62. The van der Waals surface area contributed by atoms with Crippen LogP contribution in [0.4, 0.5) is 0 Å². The first kappa shape index (κ1) is 9.89. The van der Waals surface area contributed by atoms with Gasteiger partial charge in [-0.25, -0.2) is 0 Å². The standard InChI is InChI=1S/C6H13O3P/c1-4-6-10(7,8-3)9-5-2/h4H,1,5-6H2,2-3H3. The number of allylic oxidation sites excluding steroid dienone is 1. The third-order valence-electron chi connectivity index (χ3n) is 0.957. The highest BCUT2D eigenvalue weighted by Gasteiger charge is 2.18. The second kappa shape index (κ2) is 4.67. The Kier molecular flexibility index (Phi) is 4.62. The zero-order chi connectivity index (χ0) is 8.04. The van der Waals surface area contributed by atoms with Crippen molar-refractivity contribution in [3.8, 4) is 0 Å². The zero-order valence-corrected chi connectivity index (χ0v) is 7.27. The van der Waals surface area contributed by atoms with Crippen molar-refractivity contribution in [3.63, 3.8) is 0 Å². The van der Waals surface area contributed by atoms with Crippen LogP contribution in [0.2, 0.25) is 0 Å². The van der Waals surface area contributed by atoms with E-state index < -0.39 is 7.60 Å². The molecule has 0 radical (unpaired) electrons. The van der Waals surface area contributed by atoms with Crippen molar-refractivity contribution in [1.29, 1.82) is 0 Å². The van der Waals surface area contributed by atoms with Gasteiger partial charge in [0.25, 0.3) is 0 Å². The fraction of sp³-hybridized carbons (Fsp3) is 0.667. The Hall–Kier alpha value is -0.110. The van der Waals surface area contributed by atoms with E-state index in [0.717, 1.165) is 0 Å². The lowest BCUT2D eigenvalue weighted by molar-refractivity contribution is 0.247. The van der Waals surface area contributed by atoms with Gasteiger partial charge in [0, 0.05) is 7.11 Å². The average molecular weight is 164 g/mol. The van der Waals surface area contributed by atoms with Gasteiger partial charge in [-0.05, 0) is 6.92 Å². The van der Waals surface area contributed by atoms with Crippen molar-refractivity contribution in [2.45, 2.75) is 6.92 Å². The SMILES string of the molecule is C=CCP(=O)(OC)OCC. The molecule has 1 atom stereocenters. The van der Waals surface area contributed by atoms with Crippen molar-refractivity contribution in [1.82, 2.24) is 0 Å². The molecule has 4 heteroatoms. The van der Waals surface area contributed by atoms with Crippen LogP contribution in [0.25, 0.3) is 0 Å². The van der Waals surface area contributed by atoms with Crippen LogP contribution in [0.15, 0.2) is 12.7 Å². The highest BCUT2D eigenvalue weighted by Crippen LogP contribution is 2.46. The molecule has 0 amide bonds. The molecule has 1 unspecified atom stereocenters.